The molecule has 1 amide bonds. The van der Waals surface area contributed by atoms with Gasteiger partial charge in [0.25, 0.3) is 5.69 Å². The van der Waals surface area contributed by atoms with E-state index in [0.717, 1.165) is 38.5 Å². The van der Waals surface area contributed by atoms with Gasteiger partial charge >= 0.3 is 5.97 Å². The van der Waals surface area contributed by atoms with Crippen LogP contribution in [0.5, 0.6) is 0 Å². The third-order valence-corrected chi connectivity index (χ3v) is 6.93. The van der Waals surface area contributed by atoms with Gasteiger partial charge in [0.2, 0.25) is 5.91 Å². The molecule has 11 nitrogen and oxygen atoms in total. The molecule has 3 heterocycles. The van der Waals surface area contributed by atoms with Crippen molar-refractivity contribution in [3.63, 3.8) is 0 Å². The summed E-state index contributed by atoms with van der Waals surface area (Å²) in [4.78, 5) is 47.8. The predicted molar refractivity (Wildman–Crippen MR) is 125 cm³/mol. The molecule has 0 spiro atoms. The number of non-ortho nitro benzene ring substituents is 1. The zero-order valence-corrected chi connectivity index (χ0v) is 20.5. The minimum Gasteiger partial charge on any atom is -0.358 e. The van der Waals surface area contributed by atoms with Crippen LogP contribution in [0.1, 0.15) is 57.4 Å². The second-order valence-corrected chi connectivity index (χ2v) is 9.47. The Labute approximate surface area is 210 Å². The highest BCUT2D eigenvalue weighted by Crippen LogP contribution is 2.37. The second kappa shape index (κ2) is 12.6. The normalized spacial score (nSPS) is 27.2. The van der Waals surface area contributed by atoms with E-state index in [2.05, 4.69) is 0 Å². The van der Waals surface area contributed by atoms with Crippen molar-refractivity contribution in [2.75, 3.05) is 19.8 Å². The SMILES string of the molecule is CC(OOC(=O)Cc1ccc([N+](=O)[O-])cc1)[C@H]1C(=O)N(C2CCCCO2)[C@@H]1CCOC1CCCCO1. The number of benzene rings is 1. The van der Waals surface area contributed by atoms with Gasteiger partial charge in [-0.25, -0.2) is 4.79 Å². The molecule has 3 aliphatic rings. The highest BCUT2D eigenvalue weighted by molar-refractivity contribution is 5.87. The first-order chi connectivity index (χ1) is 17.4. The Bertz CT molecular complexity index is 897. The molecule has 0 N–H and O–H groups in total. The zero-order valence-electron chi connectivity index (χ0n) is 20.5. The fraction of sp³-hybridized carbons (Fsp3) is 0.680. The number of β-lactam (4-membered cyclic amide) rings is 1. The first kappa shape index (κ1) is 26.5. The maximum Gasteiger partial charge on any atom is 0.346 e. The van der Waals surface area contributed by atoms with Crippen LogP contribution in [-0.4, -0.2) is 66.2 Å². The Balaban J connectivity index is 1.30. The molecule has 3 fully saturated rings. The number of nitro benzene ring substituents is 1. The number of amides is 1. The summed E-state index contributed by atoms with van der Waals surface area (Å²) in [6.45, 7) is 3.48. The Morgan fingerprint density at radius 3 is 2.50 bits per heavy atom. The number of likely N-dealkylation sites (tertiary alicyclic amines) is 1. The van der Waals surface area contributed by atoms with Crippen molar-refractivity contribution in [1.29, 1.82) is 0 Å². The molecule has 5 atom stereocenters. The van der Waals surface area contributed by atoms with Crippen molar-refractivity contribution in [3.8, 4) is 0 Å². The van der Waals surface area contributed by atoms with E-state index < -0.39 is 22.9 Å². The van der Waals surface area contributed by atoms with E-state index in [1.54, 1.807) is 11.8 Å². The molecule has 3 unspecified atom stereocenters. The minimum atomic E-state index is -0.658. The number of hydrogen-bond acceptors (Lipinski definition) is 9. The fourth-order valence-corrected chi connectivity index (χ4v) is 5.01. The summed E-state index contributed by atoms with van der Waals surface area (Å²) in [5.41, 5.74) is 0.499. The van der Waals surface area contributed by atoms with Crippen LogP contribution >= 0.6 is 0 Å². The summed E-state index contributed by atoms with van der Waals surface area (Å²) in [6, 6.07) is 5.48. The van der Waals surface area contributed by atoms with Crippen LogP contribution in [0.25, 0.3) is 0 Å². The Kier molecular flexibility index (Phi) is 9.24. The lowest BCUT2D eigenvalue weighted by atomic mass is 9.80. The average Bonchev–Trinajstić information content (AvgIpc) is 2.88. The molecule has 3 aliphatic heterocycles. The molecule has 36 heavy (non-hydrogen) atoms. The Morgan fingerprint density at radius 1 is 1.14 bits per heavy atom. The largest absolute Gasteiger partial charge is 0.358 e. The number of carbonyl (C=O) groups excluding carboxylic acids is 2. The number of nitrogens with zero attached hydrogens (tertiary/aromatic N) is 2. The zero-order chi connectivity index (χ0) is 25.5. The molecule has 0 aromatic heterocycles. The molecule has 11 heteroatoms. The Morgan fingerprint density at radius 2 is 1.86 bits per heavy atom. The van der Waals surface area contributed by atoms with Gasteiger partial charge in [-0.1, -0.05) is 12.1 Å². The van der Waals surface area contributed by atoms with Crippen molar-refractivity contribution in [2.45, 2.75) is 83.0 Å². The fourth-order valence-electron chi connectivity index (χ4n) is 5.01. The summed E-state index contributed by atoms with van der Waals surface area (Å²) < 4.78 is 17.4. The molecule has 198 valence electrons. The topological polar surface area (TPSA) is 127 Å². The summed E-state index contributed by atoms with van der Waals surface area (Å²) in [5, 5.41) is 10.8. The third-order valence-electron chi connectivity index (χ3n) is 6.93. The third kappa shape index (κ3) is 6.58. The van der Waals surface area contributed by atoms with Crippen LogP contribution in [0.3, 0.4) is 0 Å². The van der Waals surface area contributed by atoms with Gasteiger partial charge in [0, 0.05) is 25.3 Å². The maximum absolute atomic E-state index is 13.1. The van der Waals surface area contributed by atoms with Crippen molar-refractivity contribution in [1.82, 2.24) is 4.90 Å². The lowest BCUT2D eigenvalue weighted by molar-refractivity contribution is -0.384. The van der Waals surface area contributed by atoms with Gasteiger partial charge in [-0.2, -0.15) is 4.89 Å². The van der Waals surface area contributed by atoms with Gasteiger partial charge in [-0.15, -0.1) is 0 Å². The van der Waals surface area contributed by atoms with E-state index in [-0.39, 0.29) is 36.6 Å². The smallest absolute Gasteiger partial charge is 0.346 e. The van der Waals surface area contributed by atoms with Gasteiger partial charge in [-0.05, 0) is 57.4 Å². The molecule has 1 aromatic carbocycles. The summed E-state index contributed by atoms with van der Waals surface area (Å²) in [7, 11) is 0. The van der Waals surface area contributed by atoms with Crippen LogP contribution in [0.2, 0.25) is 0 Å². The molecule has 0 saturated carbocycles. The van der Waals surface area contributed by atoms with Gasteiger partial charge in [0.15, 0.2) is 6.29 Å². The van der Waals surface area contributed by atoms with Crippen LogP contribution in [0, 0.1) is 16.0 Å². The van der Waals surface area contributed by atoms with E-state index in [4.69, 9.17) is 24.0 Å². The number of nitro groups is 1. The van der Waals surface area contributed by atoms with Crippen LogP contribution in [0.15, 0.2) is 24.3 Å². The van der Waals surface area contributed by atoms with Crippen molar-refractivity contribution in [2.24, 2.45) is 5.92 Å². The van der Waals surface area contributed by atoms with Crippen LogP contribution in [0.4, 0.5) is 5.69 Å². The second-order valence-electron chi connectivity index (χ2n) is 9.47. The van der Waals surface area contributed by atoms with Crippen LogP contribution < -0.4 is 0 Å². The van der Waals surface area contributed by atoms with Crippen LogP contribution in [-0.2, 0) is 40.0 Å². The van der Waals surface area contributed by atoms with E-state index in [1.165, 1.54) is 24.3 Å². The molecular weight excluding hydrogens is 472 g/mol. The van der Waals surface area contributed by atoms with Crippen molar-refractivity contribution < 1.29 is 38.5 Å². The van der Waals surface area contributed by atoms with Gasteiger partial charge in [0.05, 0.1) is 29.9 Å². The average molecular weight is 507 g/mol. The predicted octanol–water partition coefficient (Wildman–Crippen LogP) is 3.29. The summed E-state index contributed by atoms with van der Waals surface area (Å²) in [5.74, 6) is -1.22. The first-order valence-electron chi connectivity index (χ1n) is 12.7. The first-order valence-corrected chi connectivity index (χ1v) is 12.7. The molecule has 0 radical (unpaired) electrons. The number of rotatable bonds is 11. The van der Waals surface area contributed by atoms with Crippen molar-refractivity contribution >= 4 is 17.6 Å². The quantitative estimate of drug-likeness (QED) is 0.192. The van der Waals surface area contributed by atoms with Crippen molar-refractivity contribution in [3.05, 3.63) is 39.9 Å². The standard InChI is InChI=1S/C25H34N2O9/c1-17(35-36-22(28)16-18-8-10-19(11-9-18)27(30)31)24-20(12-15-34-23-7-3-5-14-33-23)26(25(24)29)21-6-2-4-13-32-21/h8-11,17,20-21,23-24H,2-7,12-16H2,1H3/t17?,20-,21?,23?,24-/m1/s1. The van der Waals surface area contributed by atoms with Gasteiger partial charge in [0.1, 0.15) is 12.3 Å². The lowest BCUT2D eigenvalue weighted by Crippen LogP contribution is -2.68. The van der Waals surface area contributed by atoms with Gasteiger partial charge in [-0.3, -0.25) is 19.8 Å². The highest BCUT2D eigenvalue weighted by atomic mass is 17.2. The van der Waals surface area contributed by atoms with E-state index >= 15 is 0 Å². The lowest BCUT2D eigenvalue weighted by Gasteiger charge is -2.52. The van der Waals surface area contributed by atoms with E-state index in [1.807, 2.05) is 0 Å². The molecule has 4 rings (SSSR count). The Hall–Kier alpha value is -2.60. The number of carbonyl (C=O) groups is 2. The molecule has 3 saturated heterocycles. The molecule has 0 aliphatic carbocycles. The molecular formula is C25H34N2O9. The highest BCUT2D eigenvalue weighted by Gasteiger charge is 2.53. The van der Waals surface area contributed by atoms with E-state index in [9.17, 15) is 19.7 Å². The number of hydrogen-bond donors (Lipinski definition) is 0. The van der Waals surface area contributed by atoms with E-state index in [0.29, 0.717) is 31.8 Å². The monoisotopic (exact) mass is 506 g/mol. The molecule has 1 aromatic rings. The molecule has 0 bridgehead atoms. The van der Waals surface area contributed by atoms with Gasteiger partial charge < -0.3 is 19.1 Å². The summed E-state index contributed by atoms with van der Waals surface area (Å²) >= 11 is 0. The maximum atomic E-state index is 13.1. The summed E-state index contributed by atoms with van der Waals surface area (Å²) in [6.07, 6.45) is 5.14. The number of ether oxygens (including phenoxy) is 3. The minimum absolute atomic E-state index is 0.0583.